The van der Waals surface area contributed by atoms with E-state index in [1.807, 2.05) is 0 Å². The largest absolute Gasteiger partial charge is 0.464 e. The van der Waals surface area contributed by atoms with Crippen LogP contribution in [-0.4, -0.2) is 45.4 Å². The maximum absolute atomic E-state index is 13.0. The fourth-order valence-corrected chi connectivity index (χ4v) is 4.33. The molecule has 0 spiro atoms. The minimum Gasteiger partial charge on any atom is -0.464 e. The van der Waals surface area contributed by atoms with Gasteiger partial charge in [0.2, 0.25) is 0 Å². The van der Waals surface area contributed by atoms with Gasteiger partial charge in [0.25, 0.3) is 5.56 Å². The number of ether oxygens (including phenoxy) is 1. The van der Waals surface area contributed by atoms with Crippen LogP contribution >= 0.6 is 11.3 Å². The summed E-state index contributed by atoms with van der Waals surface area (Å²) in [6.45, 7) is 0.303. The highest BCUT2D eigenvalue weighted by Crippen LogP contribution is 2.28. The van der Waals surface area contributed by atoms with Gasteiger partial charge in [-0.3, -0.25) is 13.9 Å². The number of nitrogens with zero attached hydrogens (tertiary/aromatic N) is 3. The quantitative estimate of drug-likeness (QED) is 0.551. The number of amides is 1. The van der Waals surface area contributed by atoms with Crippen molar-refractivity contribution in [2.45, 2.75) is 45.1 Å². The van der Waals surface area contributed by atoms with Crippen LogP contribution in [0.15, 0.2) is 14.7 Å². The number of hydrogen-bond acceptors (Lipinski definition) is 6. The summed E-state index contributed by atoms with van der Waals surface area (Å²) in [5.41, 5.74) is -0.0287. The van der Waals surface area contributed by atoms with E-state index in [1.54, 1.807) is 5.43 Å². The van der Waals surface area contributed by atoms with Crippen molar-refractivity contribution < 1.29 is 27.8 Å². The molecule has 0 aliphatic carbocycles. The molecule has 29 heavy (non-hydrogen) atoms. The maximum Gasteiger partial charge on any atom is 0.425 e. The lowest BCUT2D eigenvalue weighted by molar-refractivity contribution is -0.142. The molecule has 13 heteroatoms. The van der Waals surface area contributed by atoms with Crippen molar-refractivity contribution in [3.05, 3.63) is 31.3 Å². The topological polar surface area (TPSA) is 115 Å². The smallest absolute Gasteiger partial charge is 0.425 e. The van der Waals surface area contributed by atoms with E-state index in [-0.39, 0.29) is 27.4 Å². The third kappa shape index (κ3) is 4.50. The molecule has 1 atom stereocenters. The first-order valence-corrected chi connectivity index (χ1v) is 9.37. The number of fused-ring (bicyclic) bond motifs is 1. The number of carbonyl (C=O) groups is 1. The number of aryl methyl sites for hydroxylation is 1. The number of halogens is 3. The molecule has 0 bridgehead atoms. The van der Waals surface area contributed by atoms with Gasteiger partial charge in [0.1, 0.15) is 11.4 Å². The summed E-state index contributed by atoms with van der Waals surface area (Å²) in [5, 5.41) is 12.1. The van der Waals surface area contributed by atoms with Gasteiger partial charge in [-0.1, -0.05) is 0 Å². The van der Waals surface area contributed by atoms with E-state index < -0.39 is 30.1 Å². The van der Waals surface area contributed by atoms with Crippen molar-refractivity contribution in [3.8, 4) is 0 Å². The van der Waals surface area contributed by atoms with Crippen LogP contribution in [0.2, 0.25) is 0 Å². The summed E-state index contributed by atoms with van der Waals surface area (Å²) >= 11 is 0.971. The summed E-state index contributed by atoms with van der Waals surface area (Å²) in [4.78, 5) is 36.5. The van der Waals surface area contributed by atoms with Crippen LogP contribution in [-0.2, 0) is 17.8 Å². The molecule has 1 aliphatic heterocycles. The molecule has 3 heterocycles. The number of hydrogen-bond donors (Lipinski definition) is 2. The lowest BCUT2D eigenvalue weighted by Crippen LogP contribution is -2.44. The van der Waals surface area contributed by atoms with Crippen LogP contribution < -0.4 is 16.7 Å². The Labute approximate surface area is 165 Å². The first-order chi connectivity index (χ1) is 13.6. The van der Waals surface area contributed by atoms with Crippen LogP contribution in [0.1, 0.15) is 23.3 Å². The van der Waals surface area contributed by atoms with E-state index >= 15 is 0 Å². The Bertz CT molecular complexity index is 1080. The summed E-state index contributed by atoms with van der Waals surface area (Å²) in [6.07, 6.45) is -3.94. The minimum atomic E-state index is -4.75. The van der Waals surface area contributed by atoms with Gasteiger partial charge in [-0.15, -0.1) is 11.3 Å². The van der Waals surface area contributed by atoms with Crippen LogP contribution in [0.4, 0.5) is 18.0 Å². The lowest BCUT2D eigenvalue weighted by Gasteiger charge is -2.16. The van der Waals surface area contributed by atoms with Crippen LogP contribution in [0, 0.1) is 6.92 Å². The Morgan fingerprint density at radius 1 is 1.41 bits per heavy atom. The second-order valence-electron chi connectivity index (χ2n) is 6.48. The summed E-state index contributed by atoms with van der Waals surface area (Å²) in [5.74, 6) is 0. The third-order valence-corrected chi connectivity index (χ3v) is 5.67. The molecule has 0 radical (unpaired) electrons. The molecule has 2 aromatic rings. The Balaban J connectivity index is 2.21. The van der Waals surface area contributed by atoms with Crippen molar-refractivity contribution in [1.82, 2.24) is 14.6 Å². The van der Waals surface area contributed by atoms with Gasteiger partial charge in [-0.05, 0) is 25.3 Å². The van der Waals surface area contributed by atoms with Crippen molar-refractivity contribution in [1.29, 1.82) is 0 Å². The van der Waals surface area contributed by atoms with Gasteiger partial charge in [0.15, 0.2) is 0 Å². The predicted octanol–water partition coefficient (Wildman–Crippen LogP) is 1.88. The van der Waals surface area contributed by atoms with Crippen LogP contribution in [0.3, 0.4) is 0 Å². The predicted molar refractivity (Wildman–Crippen MR) is 98.9 cm³/mol. The van der Waals surface area contributed by atoms with Gasteiger partial charge < -0.3 is 9.84 Å². The number of aromatic nitrogens is 2. The first kappa shape index (κ1) is 21.0. The SMILES string of the molecule is Cc1c(/C=N/NC(=O)O)sc2c1c(=O)n(CC(F)(F)F)c(=O)n2CC1CCCO1. The van der Waals surface area contributed by atoms with Crippen molar-refractivity contribution in [2.75, 3.05) is 6.61 Å². The zero-order valence-corrected chi connectivity index (χ0v) is 16.0. The van der Waals surface area contributed by atoms with E-state index in [9.17, 15) is 27.6 Å². The normalized spacial score (nSPS) is 17.4. The van der Waals surface area contributed by atoms with E-state index in [1.165, 1.54) is 6.92 Å². The number of rotatable bonds is 5. The zero-order valence-electron chi connectivity index (χ0n) is 15.2. The van der Waals surface area contributed by atoms with E-state index in [0.29, 0.717) is 23.5 Å². The molecule has 0 saturated carbocycles. The van der Waals surface area contributed by atoms with E-state index in [4.69, 9.17) is 9.84 Å². The Hall–Kier alpha value is -2.67. The average Bonchev–Trinajstić information content (AvgIpc) is 3.23. The summed E-state index contributed by atoms with van der Waals surface area (Å²) in [6, 6.07) is 0. The summed E-state index contributed by atoms with van der Waals surface area (Å²) < 4.78 is 45.7. The summed E-state index contributed by atoms with van der Waals surface area (Å²) in [7, 11) is 0. The lowest BCUT2D eigenvalue weighted by atomic mass is 10.2. The molecule has 0 aromatic carbocycles. The van der Waals surface area contributed by atoms with Gasteiger partial charge >= 0.3 is 18.0 Å². The highest BCUT2D eigenvalue weighted by Gasteiger charge is 2.32. The molecule has 1 saturated heterocycles. The molecule has 2 N–H and O–H groups in total. The number of carboxylic acid groups (broad SMARTS) is 1. The first-order valence-electron chi connectivity index (χ1n) is 8.55. The fourth-order valence-electron chi connectivity index (χ4n) is 3.15. The molecule has 158 valence electrons. The second-order valence-corrected chi connectivity index (χ2v) is 7.51. The molecule has 1 aliphatic rings. The van der Waals surface area contributed by atoms with Crippen molar-refractivity contribution in [3.63, 3.8) is 0 Å². The van der Waals surface area contributed by atoms with Gasteiger partial charge in [0, 0.05) is 6.61 Å². The Morgan fingerprint density at radius 3 is 2.72 bits per heavy atom. The van der Waals surface area contributed by atoms with Gasteiger partial charge in [0.05, 0.1) is 29.1 Å². The number of thiophene rings is 1. The number of alkyl halides is 3. The van der Waals surface area contributed by atoms with Gasteiger partial charge in [-0.2, -0.15) is 18.3 Å². The van der Waals surface area contributed by atoms with Gasteiger partial charge in [-0.25, -0.2) is 15.0 Å². The fraction of sp³-hybridized carbons (Fsp3) is 0.500. The molecule has 1 amide bonds. The second kappa shape index (κ2) is 7.99. The highest BCUT2D eigenvalue weighted by atomic mass is 32.1. The monoisotopic (exact) mass is 434 g/mol. The molecular formula is C16H17F3N4O5S. The Kier molecular flexibility index (Phi) is 5.80. The molecule has 3 rings (SSSR count). The molecular weight excluding hydrogens is 417 g/mol. The van der Waals surface area contributed by atoms with Crippen LogP contribution in [0.5, 0.6) is 0 Å². The van der Waals surface area contributed by atoms with Crippen molar-refractivity contribution in [2.24, 2.45) is 5.10 Å². The standard InChI is InChI=1S/C16H17F3N4O5S/c1-8-10(5-20-21-14(25)26)29-13-11(8)12(24)23(7-16(17,18)19)15(27)22(13)6-9-3-2-4-28-9/h5,9,21H,2-4,6-7H2,1H3,(H,25,26)/b20-5+. The molecule has 9 nitrogen and oxygen atoms in total. The van der Waals surface area contributed by atoms with Crippen LogP contribution in [0.25, 0.3) is 10.2 Å². The molecule has 1 fully saturated rings. The van der Waals surface area contributed by atoms with E-state index in [0.717, 1.165) is 28.5 Å². The zero-order chi connectivity index (χ0) is 21.3. The maximum atomic E-state index is 13.0. The molecule has 2 aromatic heterocycles. The highest BCUT2D eigenvalue weighted by molar-refractivity contribution is 7.20. The number of hydrazone groups is 1. The van der Waals surface area contributed by atoms with Crippen molar-refractivity contribution >= 4 is 33.9 Å². The molecule has 1 unspecified atom stereocenters. The third-order valence-electron chi connectivity index (χ3n) is 4.42. The van der Waals surface area contributed by atoms with E-state index in [2.05, 4.69) is 5.10 Å². The minimum absolute atomic E-state index is 0.0113. The average molecular weight is 434 g/mol. The number of nitrogens with one attached hydrogen (secondary N) is 1. The Morgan fingerprint density at radius 2 is 2.14 bits per heavy atom.